The second-order valence-electron chi connectivity index (χ2n) is 6.51. The molecular weight excluding hydrogens is 455 g/mol. The number of benzene rings is 1. The summed E-state index contributed by atoms with van der Waals surface area (Å²) in [5.41, 5.74) is 1.19. The average Bonchev–Trinajstić information content (AvgIpc) is 3.17. The highest BCUT2D eigenvalue weighted by molar-refractivity contribution is 14.0. The molecule has 0 radical (unpaired) electrons. The molecule has 0 atom stereocenters. The maximum atomic E-state index is 12.1. The number of rotatable bonds is 8. The van der Waals surface area contributed by atoms with Gasteiger partial charge in [0.05, 0.1) is 13.2 Å². The van der Waals surface area contributed by atoms with Gasteiger partial charge in [-0.05, 0) is 44.4 Å². The molecule has 1 aromatic carbocycles. The van der Waals surface area contributed by atoms with Crippen LogP contribution in [0.2, 0.25) is 0 Å². The van der Waals surface area contributed by atoms with E-state index in [9.17, 15) is 4.79 Å². The standard InChI is InChI=1S/C20H32N4O2.HI/c1-4-21-20(22-13-12-19(25)24-14-6-7-15-24)23(3)16-17-8-10-18(11-9-17)26-5-2;/h8-11H,4-7,12-16H2,1-3H3,(H,21,22);1H. The third-order valence-corrected chi connectivity index (χ3v) is 4.40. The summed E-state index contributed by atoms with van der Waals surface area (Å²) < 4.78 is 5.48. The Morgan fingerprint density at radius 2 is 1.89 bits per heavy atom. The van der Waals surface area contributed by atoms with Gasteiger partial charge < -0.3 is 19.9 Å². The van der Waals surface area contributed by atoms with Gasteiger partial charge >= 0.3 is 0 Å². The van der Waals surface area contributed by atoms with Crippen molar-refractivity contribution in [3.05, 3.63) is 29.8 Å². The van der Waals surface area contributed by atoms with Gasteiger partial charge in [0.15, 0.2) is 5.96 Å². The van der Waals surface area contributed by atoms with Crippen LogP contribution in [0.5, 0.6) is 5.75 Å². The number of ether oxygens (including phenoxy) is 1. The molecule has 1 aromatic rings. The molecular formula is C20H33IN4O2. The van der Waals surface area contributed by atoms with Crippen molar-refractivity contribution in [3.8, 4) is 5.75 Å². The lowest BCUT2D eigenvalue weighted by Gasteiger charge is -2.22. The van der Waals surface area contributed by atoms with Gasteiger partial charge in [0.25, 0.3) is 0 Å². The van der Waals surface area contributed by atoms with E-state index in [1.165, 1.54) is 5.56 Å². The molecule has 0 aromatic heterocycles. The number of aliphatic imine (C=N–C) groups is 1. The number of nitrogens with zero attached hydrogens (tertiary/aromatic N) is 3. The molecule has 152 valence electrons. The van der Waals surface area contributed by atoms with Crippen molar-refractivity contribution in [1.29, 1.82) is 0 Å². The molecule has 1 N–H and O–H groups in total. The van der Waals surface area contributed by atoms with Crippen molar-refractivity contribution in [1.82, 2.24) is 15.1 Å². The monoisotopic (exact) mass is 488 g/mol. The second-order valence-corrected chi connectivity index (χ2v) is 6.51. The Bertz CT molecular complexity index is 586. The molecule has 1 amide bonds. The van der Waals surface area contributed by atoms with E-state index in [2.05, 4.69) is 34.3 Å². The van der Waals surface area contributed by atoms with Gasteiger partial charge in [-0.2, -0.15) is 0 Å². The Morgan fingerprint density at radius 1 is 1.22 bits per heavy atom. The number of likely N-dealkylation sites (tertiary alicyclic amines) is 1. The summed E-state index contributed by atoms with van der Waals surface area (Å²) in [5.74, 6) is 1.94. The Balaban J connectivity index is 0.00000364. The van der Waals surface area contributed by atoms with E-state index in [0.717, 1.165) is 50.7 Å². The van der Waals surface area contributed by atoms with E-state index >= 15 is 0 Å². The highest BCUT2D eigenvalue weighted by atomic mass is 127. The molecule has 1 saturated heterocycles. The number of hydrogen-bond donors (Lipinski definition) is 1. The number of halogens is 1. The summed E-state index contributed by atoms with van der Waals surface area (Å²) in [7, 11) is 2.01. The van der Waals surface area contributed by atoms with Crippen LogP contribution in [-0.4, -0.2) is 61.5 Å². The summed E-state index contributed by atoms with van der Waals surface area (Å²) in [6.07, 6.45) is 2.73. The quantitative estimate of drug-likeness (QED) is 0.347. The Labute approximate surface area is 180 Å². The van der Waals surface area contributed by atoms with Crippen LogP contribution in [0.1, 0.15) is 38.7 Å². The summed E-state index contributed by atoms with van der Waals surface area (Å²) in [4.78, 5) is 20.8. The third kappa shape index (κ3) is 7.94. The SMILES string of the molecule is CCNC(=NCCC(=O)N1CCCC1)N(C)Cc1ccc(OCC)cc1.I. The maximum absolute atomic E-state index is 12.1. The van der Waals surface area contributed by atoms with Crippen LogP contribution in [0.25, 0.3) is 0 Å². The van der Waals surface area contributed by atoms with Crippen LogP contribution in [0.4, 0.5) is 0 Å². The van der Waals surface area contributed by atoms with Crippen molar-refractivity contribution in [2.75, 3.05) is 39.8 Å². The molecule has 1 aliphatic rings. The van der Waals surface area contributed by atoms with E-state index < -0.39 is 0 Å². The van der Waals surface area contributed by atoms with E-state index in [0.29, 0.717) is 19.6 Å². The van der Waals surface area contributed by atoms with Crippen LogP contribution in [0, 0.1) is 0 Å². The molecule has 0 unspecified atom stereocenters. The van der Waals surface area contributed by atoms with Crippen LogP contribution >= 0.6 is 24.0 Å². The molecule has 1 fully saturated rings. The Kier molecular flexibility index (Phi) is 11.2. The van der Waals surface area contributed by atoms with E-state index in [1.807, 2.05) is 31.0 Å². The molecule has 0 spiro atoms. The minimum absolute atomic E-state index is 0. The summed E-state index contributed by atoms with van der Waals surface area (Å²) in [6.45, 7) is 8.58. The highest BCUT2D eigenvalue weighted by Gasteiger charge is 2.17. The van der Waals surface area contributed by atoms with Gasteiger partial charge in [0, 0.05) is 39.6 Å². The topological polar surface area (TPSA) is 57.2 Å². The predicted molar refractivity (Wildman–Crippen MR) is 121 cm³/mol. The van der Waals surface area contributed by atoms with Crippen LogP contribution in [-0.2, 0) is 11.3 Å². The zero-order valence-electron chi connectivity index (χ0n) is 16.7. The Hall–Kier alpha value is -1.51. The van der Waals surface area contributed by atoms with Gasteiger partial charge in [0.2, 0.25) is 5.91 Å². The minimum Gasteiger partial charge on any atom is -0.494 e. The average molecular weight is 488 g/mol. The zero-order chi connectivity index (χ0) is 18.8. The van der Waals surface area contributed by atoms with Crippen LogP contribution < -0.4 is 10.1 Å². The lowest BCUT2D eigenvalue weighted by Crippen LogP contribution is -2.38. The maximum Gasteiger partial charge on any atom is 0.224 e. The van der Waals surface area contributed by atoms with Crippen LogP contribution in [0.15, 0.2) is 29.3 Å². The number of carbonyl (C=O) groups is 1. The molecule has 1 heterocycles. The number of carbonyl (C=O) groups excluding carboxylic acids is 1. The van der Waals surface area contributed by atoms with Gasteiger partial charge in [0.1, 0.15) is 5.75 Å². The van der Waals surface area contributed by atoms with Gasteiger partial charge in [-0.25, -0.2) is 0 Å². The number of guanidine groups is 1. The molecule has 0 aliphatic carbocycles. The first kappa shape index (κ1) is 23.5. The predicted octanol–water partition coefficient (Wildman–Crippen LogP) is 3.11. The fourth-order valence-electron chi connectivity index (χ4n) is 3.06. The fraction of sp³-hybridized carbons (Fsp3) is 0.600. The highest BCUT2D eigenvalue weighted by Crippen LogP contribution is 2.13. The molecule has 0 saturated carbocycles. The Morgan fingerprint density at radius 3 is 2.48 bits per heavy atom. The van der Waals surface area contributed by atoms with Crippen molar-refractivity contribution in [2.24, 2.45) is 4.99 Å². The molecule has 7 heteroatoms. The van der Waals surface area contributed by atoms with Gasteiger partial charge in [-0.3, -0.25) is 9.79 Å². The third-order valence-electron chi connectivity index (χ3n) is 4.40. The van der Waals surface area contributed by atoms with Crippen LogP contribution in [0.3, 0.4) is 0 Å². The van der Waals surface area contributed by atoms with E-state index in [4.69, 9.17) is 4.74 Å². The number of hydrogen-bond acceptors (Lipinski definition) is 3. The summed E-state index contributed by atoms with van der Waals surface area (Å²) >= 11 is 0. The first-order valence-electron chi connectivity index (χ1n) is 9.63. The first-order valence-corrected chi connectivity index (χ1v) is 9.63. The largest absolute Gasteiger partial charge is 0.494 e. The number of nitrogens with one attached hydrogen (secondary N) is 1. The van der Waals surface area contributed by atoms with E-state index in [-0.39, 0.29) is 29.9 Å². The molecule has 6 nitrogen and oxygen atoms in total. The molecule has 27 heavy (non-hydrogen) atoms. The van der Waals surface area contributed by atoms with Crippen molar-refractivity contribution >= 4 is 35.8 Å². The first-order chi connectivity index (χ1) is 12.6. The molecule has 0 bridgehead atoms. The minimum atomic E-state index is 0. The molecule has 2 rings (SSSR count). The van der Waals surface area contributed by atoms with Gasteiger partial charge in [-0.15, -0.1) is 24.0 Å². The summed E-state index contributed by atoms with van der Waals surface area (Å²) in [6, 6.07) is 8.13. The number of amides is 1. The van der Waals surface area contributed by atoms with Crippen molar-refractivity contribution in [2.45, 2.75) is 39.7 Å². The zero-order valence-corrected chi connectivity index (χ0v) is 19.1. The second kappa shape index (κ2) is 12.8. The lowest BCUT2D eigenvalue weighted by atomic mass is 10.2. The van der Waals surface area contributed by atoms with Crippen molar-refractivity contribution in [3.63, 3.8) is 0 Å². The molecule has 1 aliphatic heterocycles. The van der Waals surface area contributed by atoms with Crippen molar-refractivity contribution < 1.29 is 9.53 Å². The van der Waals surface area contributed by atoms with Gasteiger partial charge in [-0.1, -0.05) is 12.1 Å². The normalized spacial score (nSPS) is 13.9. The van der Waals surface area contributed by atoms with E-state index in [1.54, 1.807) is 0 Å². The lowest BCUT2D eigenvalue weighted by molar-refractivity contribution is -0.129. The fourth-order valence-corrected chi connectivity index (χ4v) is 3.06. The smallest absolute Gasteiger partial charge is 0.224 e. The summed E-state index contributed by atoms with van der Waals surface area (Å²) in [5, 5.41) is 3.30.